The van der Waals surface area contributed by atoms with Crippen molar-refractivity contribution in [3.05, 3.63) is 42.4 Å². The topological polar surface area (TPSA) is 85.8 Å². The Kier molecular flexibility index (Phi) is 5.90. The van der Waals surface area contributed by atoms with Crippen LogP contribution in [0.25, 0.3) is 11.3 Å². The lowest BCUT2D eigenvalue weighted by atomic mass is 9.87. The summed E-state index contributed by atoms with van der Waals surface area (Å²) < 4.78 is 5.24. The summed E-state index contributed by atoms with van der Waals surface area (Å²) in [6.07, 6.45) is 1.86. The number of hydrogen-bond donors (Lipinski definition) is 3. The molecule has 140 valence electrons. The number of benzene rings is 1. The van der Waals surface area contributed by atoms with Crippen LogP contribution in [0.3, 0.4) is 0 Å². The maximum Gasteiger partial charge on any atom is 0.194 e. The van der Waals surface area contributed by atoms with E-state index in [4.69, 9.17) is 4.74 Å². The van der Waals surface area contributed by atoms with E-state index in [1.54, 1.807) is 0 Å². The first kappa shape index (κ1) is 18.4. The van der Waals surface area contributed by atoms with E-state index in [0.29, 0.717) is 26.3 Å². The van der Waals surface area contributed by atoms with Crippen LogP contribution in [0.1, 0.15) is 12.7 Å². The van der Waals surface area contributed by atoms with Crippen molar-refractivity contribution in [3.63, 3.8) is 0 Å². The maximum atomic E-state index is 9.57. The molecule has 0 saturated carbocycles. The van der Waals surface area contributed by atoms with Crippen molar-refractivity contribution in [3.8, 4) is 11.3 Å². The number of ether oxygens (including phenoxy) is 1. The number of aliphatic hydroxyl groups is 1. The van der Waals surface area contributed by atoms with E-state index in [-0.39, 0.29) is 12.0 Å². The molecule has 0 aliphatic carbocycles. The second-order valence-electron chi connectivity index (χ2n) is 6.79. The first-order chi connectivity index (χ1) is 12.7. The SMILES string of the molecule is CCNC(=NCC1(CO)COC1)N(C)Cc1ncc(-c2ccccc2)[nH]1. The molecule has 0 spiro atoms. The van der Waals surface area contributed by atoms with Crippen molar-refractivity contribution in [1.82, 2.24) is 20.2 Å². The van der Waals surface area contributed by atoms with Crippen molar-refractivity contribution in [1.29, 1.82) is 0 Å². The van der Waals surface area contributed by atoms with Crippen LogP contribution in [-0.4, -0.2) is 65.9 Å². The van der Waals surface area contributed by atoms with Gasteiger partial charge in [0, 0.05) is 13.6 Å². The number of rotatable bonds is 7. The van der Waals surface area contributed by atoms with Gasteiger partial charge in [0.15, 0.2) is 5.96 Å². The Morgan fingerprint density at radius 1 is 1.38 bits per heavy atom. The van der Waals surface area contributed by atoms with Crippen molar-refractivity contribution in [2.45, 2.75) is 13.5 Å². The van der Waals surface area contributed by atoms with Crippen LogP contribution in [0.4, 0.5) is 0 Å². The minimum absolute atomic E-state index is 0.0955. The normalized spacial score (nSPS) is 16.2. The van der Waals surface area contributed by atoms with E-state index in [1.165, 1.54) is 0 Å². The summed E-state index contributed by atoms with van der Waals surface area (Å²) >= 11 is 0. The second kappa shape index (κ2) is 8.33. The predicted octanol–water partition coefficient (Wildman–Crippen LogP) is 1.48. The van der Waals surface area contributed by atoms with Gasteiger partial charge in [-0.1, -0.05) is 30.3 Å². The summed E-state index contributed by atoms with van der Waals surface area (Å²) in [6, 6.07) is 10.1. The molecule has 3 N–H and O–H groups in total. The Balaban J connectivity index is 1.66. The van der Waals surface area contributed by atoms with Crippen LogP contribution in [-0.2, 0) is 11.3 Å². The average molecular weight is 357 g/mol. The lowest BCUT2D eigenvalue weighted by Gasteiger charge is -2.38. The highest BCUT2D eigenvalue weighted by atomic mass is 16.5. The molecule has 0 amide bonds. The van der Waals surface area contributed by atoms with E-state index >= 15 is 0 Å². The fourth-order valence-electron chi connectivity index (χ4n) is 2.84. The lowest BCUT2D eigenvalue weighted by molar-refractivity contribution is -0.130. The third-order valence-electron chi connectivity index (χ3n) is 4.51. The standard InChI is InChI=1S/C19H27N5O2/c1-3-20-18(22-11-19(12-25)13-26-14-19)24(2)10-17-21-9-16(23-17)15-7-5-4-6-8-15/h4-9,25H,3,10-14H2,1-2H3,(H,20,22)(H,21,23). The lowest BCUT2D eigenvalue weighted by Crippen LogP contribution is -2.49. The monoisotopic (exact) mass is 357 g/mol. The van der Waals surface area contributed by atoms with Crippen LogP contribution in [0.15, 0.2) is 41.5 Å². The molecule has 1 aliphatic heterocycles. The smallest absolute Gasteiger partial charge is 0.194 e. The molecule has 0 radical (unpaired) electrons. The number of aromatic nitrogens is 2. The van der Waals surface area contributed by atoms with Gasteiger partial charge in [0.2, 0.25) is 0 Å². The summed E-state index contributed by atoms with van der Waals surface area (Å²) in [6.45, 7) is 5.20. The Bertz CT molecular complexity index is 719. The molecule has 0 unspecified atom stereocenters. The average Bonchev–Trinajstić information content (AvgIpc) is 3.09. The fourth-order valence-corrected chi connectivity index (χ4v) is 2.84. The number of hydrogen-bond acceptors (Lipinski definition) is 4. The Morgan fingerprint density at radius 2 is 2.15 bits per heavy atom. The highest BCUT2D eigenvalue weighted by molar-refractivity contribution is 5.79. The molecule has 0 atom stereocenters. The van der Waals surface area contributed by atoms with Gasteiger partial charge in [-0.05, 0) is 12.5 Å². The van der Waals surface area contributed by atoms with Crippen LogP contribution < -0.4 is 5.32 Å². The molecule has 2 heterocycles. The van der Waals surface area contributed by atoms with Gasteiger partial charge >= 0.3 is 0 Å². The molecule has 1 aliphatic rings. The summed E-state index contributed by atoms with van der Waals surface area (Å²) in [5.41, 5.74) is 1.89. The molecule has 1 saturated heterocycles. The zero-order valence-electron chi connectivity index (χ0n) is 15.4. The zero-order chi connectivity index (χ0) is 18.4. The summed E-state index contributed by atoms with van der Waals surface area (Å²) in [5, 5.41) is 12.9. The zero-order valence-corrected chi connectivity index (χ0v) is 15.4. The minimum atomic E-state index is -0.229. The third-order valence-corrected chi connectivity index (χ3v) is 4.51. The van der Waals surface area contributed by atoms with Crippen molar-refractivity contribution < 1.29 is 9.84 Å². The molecule has 2 aromatic rings. The molecule has 1 aromatic carbocycles. The number of H-pyrrole nitrogens is 1. The number of aliphatic hydroxyl groups excluding tert-OH is 1. The summed E-state index contributed by atoms with van der Waals surface area (Å²) in [7, 11) is 1.98. The highest BCUT2D eigenvalue weighted by Crippen LogP contribution is 2.27. The van der Waals surface area contributed by atoms with E-state index in [9.17, 15) is 5.11 Å². The van der Waals surface area contributed by atoms with Crippen LogP contribution in [0.5, 0.6) is 0 Å². The summed E-state index contributed by atoms with van der Waals surface area (Å²) in [4.78, 5) is 14.6. The van der Waals surface area contributed by atoms with Crippen LogP contribution in [0.2, 0.25) is 0 Å². The number of nitrogens with one attached hydrogen (secondary N) is 2. The van der Waals surface area contributed by atoms with Gasteiger partial charge in [-0.15, -0.1) is 0 Å². The Labute approximate surface area is 154 Å². The molecular weight excluding hydrogens is 330 g/mol. The van der Waals surface area contributed by atoms with Crippen molar-refractivity contribution in [2.75, 3.05) is 40.0 Å². The van der Waals surface area contributed by atoms with Crippen molar-refractivity contribution >= 4 is 5.96 Å². The van der Waals surface area contributed by atoms with E-state index in [2.05, 4.69) is 32.4 Å². The highest BCUT2D eigenvalue weighted by Gasteiger charge is 2.38. The molecular formula is C19H27N5O2. The fraction of sp³-hybridized carbons (Fsp3) is 0.474. The quantitative estimate of drug-likeness (QED) is 0.516. The molecule has 26 heavy (non-hydrogen) atoms. The van der Waals surface area contributed by atoms with Gasteiger partial charge in [0.05, 0.1) is 50.2 Å². The van der Waals surface area contributed by atoms with Gasteiger partial charge in [0.1, 0.15) is 5.82 Å². The number of guanidine groups is 1. The maximum absolute atomic E-state index is 9.57. The largest absolute Gasteiger partial charge is 0.396 e. The van der Waals surface area contributed by atoms with E-state index in [1.807, 2.05) is 43.3 Å². The molecule has 7 nitrogen and oxygen atoms in total. The predicted molar refractivity (Wildman–Crippen MR) is 102 cm³/mol. The van der Waals surface area contributed by atoms with Gasteiger partial charge in [0.25, 0.3) is 0 Å². The molecule has 1 aromatic heterocycles. The van der Waals surface area contributed by atoms with E-state index < -0.39 is 0 Å². The molecule has 1 fully saturated rings. The van der Waals surface area contributed by atoms with Crippen LogP contribution >= 0.6 is 0 Å². The molecule has 7 heteroatoms. The molecule has 3 rings (SSSR count). The molecule has 0 bridgehead atoms. The summed E-state index contributed by atoms with van der Waals surface area (Å²) in [5.74, 6) is 1.67. The Morgan fingerprint density at radius 3 is 2.77 bits per heavy atom. The van der Waals surface area contributed by atoms with Gasteiger partial charge in [-0.3, -0.25) is 4.99 Å². The number of imidazole rings is 1. The Hall–Kier alpha value is -2.38. The minimum Gasteiger partial charge on any atom is -0.396 e. The number of aromatic amines is 1. The van der Waals surface area contributed by atoms with Gasteiger partial charge in [-0.2, -0.15) is 0 Å². The van der Waals surface area contributed by atoms with E-state index in [0.717, 1.165) is 29.6 Å². The third kappa shape index (κ3) is 4.23. The van der Waals surface area contributed by atoms with Gasteiger partial charge < -0.3 is 25.0 Å². The first-order valence-electron chi connectivity index (χ1n) is 8.93. The van der Waals surface area contributed by atoms with Gasteiger partial charge in [-0.25, -0.2) is 4.98 Å². The van der Waals surface area contributed by atoms with Crippen molar-refractivity contribution in [2.24, 2.45) is 10.4 Å². The number of aliphatic imine (C=N–C) groups is 1. The van der Waals surface area contributed by atoms with Crippen LogP contribution in [0, 0.1) is 5.41 Å². The number of nitrogens with zero attached hydrogens (tertiary/aromatic N) is 3. The first-order valence-corrected chi connectivity index (χ1v) is 8.93. The second-order valence-corrected chi connectivity index (χ2v) is 6.79.